The van der Waals surface area contributed by atoms with Gasteiger partial charge < -0.3 is 15.2 Å². The van der Waals surface area contributed by atoms with E-state index in [1.54, 1.807) is 12.4 Å². The molecule has 19 heavy (non-hydrogen) atoms. The molecule has 6 heteroatoms. The van der Waals surface area contributed by atoms with E-state index in [0.717, 1.165) is 22.8 Å². The van der Waals surface area contributed by atoms with E-state index in [1.807, 2.05) is 25.1 Å². The molecule has 6 nitrogen and oxygen atoms in total. The van der Waals surface area contributed by atoms with Crippen molar-refractivity contribution in [3.05, 3.63) is 35.7 Å². The number of anilines is 1. The van der Waals surface area contributed by atoms with Crippen LogP contribution in [-0.2, 0) is 0 Å². The summed E-state index contributed by atoms with van der Waals surface area (Å²) in [7, 11) is 0. The van der Waals surface area contributed by atoms with Crippen molar-refractivity contribution in [2.75, 3.05) is 18.9 Å². The maximum Gasteiger partial charge on any atom is 0.221 e. The summed E-state index contributed by atoms with van der Waals surface area (Å²) in [5, 5.41) is 4.25. The van der Waals surface area contributed by atoms with Crippen LogP contribution in [0.4, 0.5) is 5.95 Å². The lowest BCUT2D eigenvalue weighted by Crippen LogP contribution is -2.15. The maximum atomic E-state index is 5.71. The molecule has 0 fully saturated rings. The van der Waals surface area contributed by atoms with Gasteiger partial charge in [0.1, 0.15) is 13.2 Å². The topological polar surface area (TPSA) is 74.7 Å². The lowest BCUT2D eigenvalue weighted by molar-refractivity contribution is 0.171. The van der Waals surface area contributed by atoms with E-state index in [4.69, 9.17) is 15.2 Å². The van der Waals surface area contributed by atoms with Crippen LogP contribution in [-0.4, -0.2) is 29.1 Å². The number of fused-ring (bicyclic) bond motifs is 1. The Bertz CT molecular complexity index is 634. The third-order valence-corrected chi connectivity index (χ3v) is 2.73. The molecule has 3 rings (SSSR count). The molecule has 1 aliphatic rings. The van der Waals surface area contributed by atoms with E-state index in [9.17, 15) is 0 Å². The van der Waals surface area contributed by atoms with Gasteiger partial charge in [-0.05, 0) is 30.7 Å². The average molecular weight is 258 g/mol. The van der Waals surface area contributed by atoms with Crippen molar-refractivity contribution >= 4 is 12.2 Å². The second kappa shape index (κ2) is 4.64. The van der Waals surface area contributed by atoms with Crippen molar-refractivity contribution in [2.45, 2.75) is 6.92 Å². The summed E-state index contributed by atoms with van der Waals surface area (Å²) in [4.78, 5) is 4.08. The Morgan fingerprint density at radius 1 is 1.32 bits per heavy atom. The second-order valence-corrected chi connectivity index (χ2v) is 4.23. The number of nitrogens with two attached hydrogens (primary N) is 1. The van der Waals surface area contributed by atoms with Crippen molar-refractivity contribution < 1.29 is 9.47 Å². The zero-order valence-corrected chi connectivity index (χ0v) is 10.5. The predicted molar refractivity (Wildman–Crippen MR) is 71.8 cm³/mol. The van der Waals surface area contributed by atoms with Crippen molar-refractivity contribution in [1.29, 1.82) is 0 Å². The predicted octanol–water partition coefficient (Wildman–Crippen LogP) is 1.43. The van der Waals surface area contributed by atoms with Crippen molar-refractivity contribution in [1.82, 2.24) is 9.66 Å². The fourth-order valence-electron chi connectivity index (χ4n) is 1.87. The molecule has 2 aromatic rings. The van der Waals surface area contributed by atoms with Gasteiger partial charge in [0, 0.05) is 0 Å². The first-order chi connectivity index (χ1) is 9.22. The molecular formula is C13H14N4O2. The Hall–Kier alpha value is -2.50. The third kappa shape index (κ3) is 2.37. The highest BCUT2D eigenvalue weighted by atomic mass is 16.6. The Balaban J connectivity index is 1.85. The van der Waals surface area contributed by atoms with Gasteiger partial charge in [-0.3, -0.25) is 0 Å². The molecule has 2 N–H and O–H groups in total. The first-order valence-electron chi connectivity index (χ1n) is 5.98. The van der Waals surface area contributed by atoms with E-state index in [1.165, 1.54) is 4.68 Å². The van der Waals surface area contributed by atoms with Crippen LogP contribution in [0.3, 0.4) is 0 Å². The summed E-state index contributed by atoms with van der Waals surface area (Å²) in [5.74, 6) is 1.87. The van der Waals surface area contributed by atoms with Gasteiger partial charge in [-0.2, -0.15) is 5.10 Å². The first-order valence-corrected chi connectivity index (χ1v) is 5.98. The quantitative estimate of drug-likeness (QED) is 0.827. The number of hydrogen-bond donors (Lipinski definition) is 1. The van der Waals surface area contributed by atoms with Crippen LogP contribution >= 0.6 is 0 Å². The highest BCUT2D eigenvalue weighted by Gasteiger charge is 2.10. The average Bonchev–Trinajstić information content (AvgIpc) is 2.74. The molecule has 0 radical (unpaired) electrons. The molecule has 0 saturated carbocycles. The molecule has 0 atom stereocenters. The SMILES string of the molecule is Cc1cn(N=Cc2ccc3c(c2)OCCO3)c(N)n1. The summed E-state index contributed by atoms with van der Waals surface area (Å²) in [6, 6.07) is 5.67. The molecule has 0 unspecified atom stereocenters. The minimum absolute atomic E-state index is 0.367. The largest absolute Gasteiger partial charge is 0.486 e. The normalized spacial score (nSPS) is 13.9. The molecule has 0 bridgehead atoms. The standard InChI is InChI=1S/C13H14N4O2/c1-9-8-17(13(14)16-9)15-7-10-2-3-11-12(6-10)19-5-4-18-11/h2-3,6-8H,4-5H2,1H3,(H2,14,16). The maximum absolute atomic E-state index is 5.71. The summed E-state index contributed by atoms with van der Waals surface area (Å²) >= 11 is 0. The summed E-state index contributed by atoms with van der Waals surface area (Å²) in [6.07, 6.45) is 3.47. The Morgan fingerprint density at radius 3 is 2.84 bits per heavy atom. The van der Waals surface area contributed by atoms with Gasteiger partial charge in [-0.25, -0.2) is 9.66 Å². The molecule has 2 heterocycles. The Morgan fingerprint density at radius 2 is 2.11 bits per heavy atom. The van der Waals surface area contributed by atoms with Crippen molar-refractivity contribution in [3.63, 3.8) is 0 Å². The van der Waals surface area contributed by atoms with E-state index < -0.39 is 0 Å². The molecule has 1 aromatic heterocycles. The second-order valence-electron chi connectivity index (χ2n) is 4.23. The minimum Gasteiger partial charge on any atom is -0.486 e. The zero-order chi connectivity index (χ0) is 13.2. The number of aryl methyl sites for hydroxylation is 1. The summed E-state index contributed by atoms with van der Waals surface area (Å²) in [5.41, 5.74) is 7.45. The van der Waals surface area contributed by atoms with Crippen LogP contribution in [0, 0.1) is 6.92 Å². The van der Waals surface area contributed by atoms with E-state index >= 15 is 0 Å². The highest BCUT2D eigenvalue weighted by Crippen LogP contribution is 2.30. The smallest absolute Gasteiger partial charge is 0.221 e. The molecule has 0 aliphatic carbocycles. The molecule has 0 amide bonds. The number of aromatic nitrogens is 2. The number of rotatable bonds is 2. The highest BCUT2D eigenvalue weighted by molar-refractivity contribution is 5.81. The van der Waals surface area contributed by atoms with Crippen LogP contribution in [0.2, 0.25) is 0 Å². The van der Waals surface area contributed by atoms with Gasteiger partial charge >= 0.3 is 0 Å². The molecular weight excluding hydrogens is 244 g/mol. The van der Waals surface area contributed by atoms with Gasteiger partial charge in [-0.1, -0.05) is 0 Å². The van der Waals surface area contributed by atoms with E-state index in [2.05, 4.69) is 10.1 Å². The van der Waals surface area contributed by atoms with E-state index in [0.29, 0.717) is 19.2 Å². The molecule has 1 aromatic carbocycles. The zero-order valence-electron chi connectivity index (χ0n) is 10.5. The summed E-state index contributed by atoms with van der Waals surface area (Å²) in [6.45, 7) is 3.03. The van der Waals surface area contributed by atoms with Crippen LogP contribution in [0.5, 0.6) is 11.5 Å². The minimum atomic E-state index is 0.367. The number of ether oxygens (including phenoxy) is 2. The number of imidazole rings is 1. The molecule has 1 aliphatic heterocycles. The number of benzene rings is 1. The van der Waals surface area contributed by atoms with Gasteiger partial charge in [0.2, 0.25) is 5.95 Å². The number of hydrogen-bond acceptors (Lipinski definition) is 5. The van der Waals surface area contributed by atoms with Crippen molar-refractivity contribution in [2.24, 2.45) is 5.10 Å². The Kier molecular flexibility index (Phi) is 2.83. The van der Waals surface area contributed by atoms with Crippen molar-refractivity contribution in [3.8, 4) is 11.5 Å². The first kappa shape index (κ1) is 11.6. The van der Waals surface area contributed by atoms with Crippen LogP contribution in [0.1, 0.15) is 11.3 Å². The van der Waals surface area contributed by atoms with Crippen LogP contribution < -0.4 is 15.2 Å². The van der Waals surface area contributed by atoms with Crippen LogP contribution in [0.25, 0.3) is 0 Å². The number of nitrogens with zero attached hydrogens (tertiary/aromatic N) is 3. The fourth-order valence-corrected chi connectivity index (χ4v) is 1.87. The van der Waals surface area contributed by atoms with Gasteiger partial charge in [0.05, 0.1) is 18.1 Å². The van der Waals surface area contributed by atoms with Gasteiger partial charge in [-0.15, -0.1) is 0 Å². The third-order valence-electron chi connectivity index (χ3n) is 2.73. The molecule has 0 saturated heterocycles. The number of nitrogen functional groups attached to an aromatic ring is 1. The molecule has 0 spiro atoms. The monoisotopic (exact) mass is 258 g/mol. The van der Waals surface area contributed by atoms with Gasteiger partial charge in [0.25, 0.3) is 0 Å². The van der Waals surface area contributed by atoms with Crippen LogP contribution in [0.15, 0.2) is 29.5 Å². The van der Waals surface area contributed by atoms with E-state index in [-0.39, 0.29) is 0 Å². The van der Waals surface area contributed by atoms with Gasteiger partial charge in [0.15, 0.2) is 11.5 Å². The molecule has 98 valence electrons. The fraction of sp³-hybridized carbons (Fsp3) is 0.231. The summed E-state index contributed by atoms with van der Waals surface area (Å²) < 4.78 is 12.5. The lowest BCUT2D eigenvalue weighted by Gasteiger charge is -2.18. The lowest BCUT2D eigenvalue weighted by atomic mass is 10.2. The Labute approximate surface area is 110 Å².